The van der Waals surface area contributed by atoms with Gasteiger partial charge in [0, 0.05) is 75.6 Å². The molecule has 3 rings (SSSR count). The van der Waals surface area contributed by atoms with Crippen molar-refractivity contribution in [2.45, 2.75) is 19.6 Å². The minimum absolute atomic E-state index is 0.101. The fourth-order valence-electron chi connectivity index (χ4n) is 3.86. The van der Waals surface area contributed by atoms with Gasteiger partial charge in [-0.15, -0.1) is 0 Å². The highest BCUT2D eigenvalue weighted by molar-refractivity contribution is 5.40. The van der Waals surface area contributed by atoms with E-state index in [4.69, 9.17) is 0 Å². The number of nitrogens with one attached hydrogen (secondary N) is 3. The topological polar surface area (TPSA) is 161 Å². The molecule has 0 heterocycles. The molecule has 0 bridgehead atoms. The van der Waals surface area contributed by atoms with Crippen LogP contribution in [0.1, 0.15) is 16.7 Å². The maximum Gasteiger partial charge on any atom is 0.120 e. The monoisotopic (exact) mass is 512 g/mol. The molecule has 0 fully saturated rings. The number of phenols is 6. The van der Waals surface area contributed by atoms with E-state index in [1.807, 2.05) is 0 Å². The van der Waals surface area contributed by atoms with Gasteiger partial charge in [-0.25, -0.2) is 0 Å². The van der Waals surface area contributed by atoms with E-state index in [1.54, 1.807) is 0 Å². The Hall–Kier alpha value is -3.70. The average Bonchev–Trinajstić information content (AvgIpc) is 2.87. The Morgan fingerprint density at radius 3 is 1.05 bits per heavy atom. The molecule has 0 saturated carbocycles. The third kappa shape index (κ3) is 9.36. The Bertz CT molecular complexity index is 1000. The predicted octanol–water partition coefficient (Wildman–Crippen LogP) is 1.89. The molecule has 0 radical (unpaired) electrons. The van der Waals surface area contributed by atoms with Crippen LogP contribution in [0.25, 0.3) is 0 Å². The molecule has 0 unspecified atom stereocenters. The van der Waals surface area contributed by atoms with Gasteiger partial charge >= 0.3 is 0 Å². The summed E-state index contributed by atoms with van der Waals surface area (Å²) < 4.78 is 0. The van der Waals surface area contributed by atoms with Crippen LogP contribution in [-0.4, -0.2) is 74.8 Å². The van der Waals surface area contributed by atoms with E-state index in [0.29, 0.717) is 56.0 Å². The number of rotatable bonds is 15. The number of aromatic hydroxyl groups is 6. The van der Waals surface area contributed by atoms with Crippen molar-refractivity contribution >= 4 is 0 Å². The molecule has 0 aliphatic carbocycles. The van der Waals surface area contributed by atoms with Crippen LogP contribution < -0.4 is 16.0 Å². The predicted molar refractivity (Wildman–Crippen MR) is 141 cm³/mol. The van der Waals surface area contributed by atoms with Gasteiger partial charge in [0.25, 0.3) is 0 Å². The van der Waals surface area contributed by atoms with E-state index in [-0.39, 0.29) is 34.5 Å². The van der Waals surface area contributed by atoms with Crippen LogP contribution in [0.3, 0.4) is 0 Å². The van der Waals surface area contributed by atoms with Crippen molar-refractivity contribution in [2.24, 2.45) is 0 Å². The lowest BCUT2D eigenvalue weighted by Gasteiger charge is -2.23. The van der Waals surface area contributed by atoms with Crippen LogP contribution in [-0.2, 0) is 19.6 Å². The molecule has 0 amide bonds. The van der Waals surface area contributed by atoms with Gasteiger partial charge in [-0.05, 0) is 54.6 Å². The number of hydrogen-bond acceptors (Lipinski definition) is 10. The van der Waals surface area contributed by atoms with E-state index >= 15 is 0 Å². The Morgan fingerprint density at radius 2 is 0.757 bits per heavy atom. The minimum Gasteiger partial charge on any atom is -0.508 e. The molecule has 0 aliphatic rings. The standard InChI is InChI=1S/C27H36N4O6/c32-22-1-4-25(35)19(13-22)16-28-7-10-31(11-8-29-17-20-14-23(33)2-5-26(20)36)12-9-30-18-21-15-24(34)3-6-27(21)37/h1-6,13-15,28-30,32-37H,7-12,16-18H2. The molecule has 37 heavy (non-hydrogen) atoms. The van der Waals surface area contributed by atoms with E-state index in [1.165, 1.54) is 54.6 Å². The SMILES string of the molecule is Oc1ccc(O)c(CNCCN(CCNCc2cc(O)ccc2O)CCNCc2cc(O)ccc2O)c1. The first-order chi connectivity index (χ1) is 17.8. The molecule has 3 aromatic rings. The van der Waals surface area contributed by atoms with Crippen molar-refractivity contribution in [2.75, 3.05) is 39.3 Å². The Labute approximate surface area is 216 Å². The summed E-state index contributed by atoms with van der Waals surface area (Å²) in [5.74, 6) is 0.680. The molecule has 0 atom stereocenters. The van der Waals surface area contributed by atoms with E-state index in [2.05, 4.69) is 20.9 Å². The maximum atomic E-state index is 9.95. The van der Waals surface area contributed by atoms with Gasteiger partial charge in [-0.2, -0.15) is 0 Å². The van der Waals surface area contributed by atoms with Gasteiger partial charge in [0.1, 0.15) is 34.5 Å². The summed E-state index contributed by atoms with van der Waals surface area (Å²) in [4.78, 5) is 2.24. The second kappa shape index (κ2) is 14.1. The molecule has 200 valence electrons. The van der Waals surface area contributed by atoms with Crippen molar-refractivity contribution in [3.63, 3.8) is 0 Å². The summed E-state index contributed by atoms with van der Waals surface area (Å²) in [5, 5.41) is 68.6. The van der Waals surface area contributed by atoms with E-state index < -0.39 is 0 Å². The Balaban J connectivity index is 1.47. The zero-order valence-electron chi connectivity index (χ0n) is 20.7. The first kappa shape index (κ1) is 27.9. The summed E-state index contributed by atoms with van der Waals surface area (Å²) in [6, 6.07) is 13.3. The van der Waals surface area contributed by atoms with Crippen LogP contribution >= 0.6 is 0 Å². The quantitative estimate of drug-likeness (QED) is 0.109. The minimum atomic E-state index is 0.101. The van der Waals surface area contributed by atoms with E-state index in [0.717, 1.165) is 19.6 Å². The molecule has 10 nitrogen and oxygen atoms in total. The largest absolute Gasteiger partial charge is 0.508 e. The van der Waals surface area contributed by atoms with Gasteiger partial charge in [0.2, 0.25) is 0 Å². The lowest BCUT2D eigenvalue weighted by Crippen LogP contribution is -2.40. The first-order valence-electron chi connectivity index (χ1n) is 12.2. The third-order valence-corrected chi connectivity index (χ3v) is 5.95. The Morgan fingerprint density at radius 1 is 0.459 bits per heavy atom. The lowest BCUT2D eigenvalue weighted by molar-refractivity contribution is 0.270. The van der Waals surface area contributed by atoms with Gasteiger partial charge in [0.15, 0.2) is 0 Å². The highest BCUT2D eigenvalue weighted by atomic mass is 16.3. The fourth-order valence-corrected chi connectivity index (χ4v) is 3.86. The first-order valence-corrected chi connectivity index (χ1v) is 12.2. The Kier molecular flexibility index (Phi) is 10.7. The van der Waals surface area contributed by atoms with Crippen LogP contribution in [0.5, 0.6) is 34.5 Å². The van der Waals surface area contributed by atoms with Gasteiger partial charge < -0.3 is 46.6 Å². The highest BCUT2D eigenvalue weighted by Crippen LogP contribution is 2.23. The van der Waals surface area contributed by atoms with Crippen molar-refractivity contribution < 1.29 is 30.6 Å². The molecular weight excluding hydrogens is 476 g/mol. The zero-order valence-corrected chi connectivity index (χ0v) is 20.7. The summed E-state index contributed by atoms with van der Waals surface area (Å²) in [5.41, 5.74) is 1.85. The van der Waals surface area contributed by atoms with Crippen LogP contribution in [0.4, 0.5) is 0 Å². The number of nitrogens with zero attached hydrogens (tertiary/aromatic N) is 1. The van der Waals surface area contributed by atoms with Gasteiger partial charge in [0.05, 0.1) is 0 Å². The molecule has 0 spiro atoms. The number of benzene rings is 3. The van der Waals surface area contributed by atoms with Crippen molar-refractivity contribution in [3.05, 3.63) is 71.3 Å². The van der Waals surface area contributed by atoms with Crippen molar-refractivity contribution in [1.29, 1.82) is 0 Å². The van der Waals surface area contributed by atoms with Crippen LogP contribution in [0.2, 0.25) is 0 Å². The fraction of sp³-hybridized carbons (Fsp3) is 0.333. The molecule has 3 aromatic carbocycles. The zero-order chi connectivity index (χ0) is 26.6. The number of hydrogen-bond donors (Lipinski definition) is 9. The smallest absolute Gasteiger partial charge is 0.120 e. The number of phenolic OH excluding ortho intramolecular Hbond substituents is 6. The highest BCUT2D eigenvalue weighted by Gasteiger charge is 2.08. The lowest BCUT2D eigenvalue weighted by atomic mass is 10.2. The normalized spacial score (nSPS) is 11.3. The van der Waals surface area contributed by atoms with E-state index in [9.17, 15) is 30.6 Å². The summed E-state index contributed by atoms with van der Waals surface area (Å²) in [6.07, 6.45) is 0. The molecular formula is C27H36N4O6. The molecule has 0 aromatic heterocycles. The van der Waals surface area contributed by atoms with Gasteiger partial charge in [-0.3, -0.25) is 4.90 Å². The summed E-state index contributed by atoms with van der Waals surface area (Å²) >= 11 is 0. The second-order valence-corrected chi connectivity index (χ2v) is 8.81. The maximum absolute atomic E-state index is 9.95. The second-order valence-electron chi connectivity index (χ2n) is 8.81. The third-order valence-electron chi connectivity index (χ3n) is 5.95. The molecule has 10 heteroatoms. The molecule has 0 aliphatic heterocycles. The molecule has 9 N–H and O–H groups in total. The summed E-state index contributed by atoms with van der Waals surface area (Å²) in [7, 11) is 0. The summed E-state index contributed by atoms with van der Waals surface area (Å²) in [6.45, 7) is 5.35. The van der Waals surface area contributed by atoms with Crippen LogP contribution in [0, 0.1) is 0 Å². The van der Waals surface area contributed by atoms with Crippen LogP contribution in [0.15, 0.2) is 54.6 Å². The van der Waals surface area contributed by atoms with Crippen molar-refractivity contribution in [3.8, 4) is 34.5 Å². The van der Waals surface area contributed by atoms with Crippen molar-refractivity contribution in [1.82, 2.24) is 20.9 Å². The van der Waals surface area contributed by atoms with Gasteiger partial charge in [-0.1, -0.05) is 0 Å². The molecule has 0 saturated heterocycles. The average molecular weight is 513 g/mol.